The van der Waals surface area contributed by atoms with E-state index < -0.39 is 30.5 Å². The Morgan fingerprint density at radius 3 is 2.27 bits per heavy atom. The van der Waals surface area contributed by atoms with E-state index >= 15 is 0 Å². The van der Waals surface area contributed by atoms with E-state index in [0.29, 0.717) is 6.42 Å². The number of nitrogens with one attached hydrogen (secondary N) is 1. The van der Waals surface area contributed by atoms with Gasteiger partial charge in [-0.25, -0.2) is 0 Å². The summed E-state index contributed by atoms with van der Waals surface area (Å²) in [4.78, 5) is 22.3. The van der Waals surface area contributed by atoms with Crippen molar-refractivity contribution >= 4 is 11.8 Å². The van der Waals surface area contributed by atoms with Crippen molar-refractivity contribution in [3.63, 3.8) is 0 Å². The number of hydrogen-bond donors (Lipinski definition) is 4. The number of rotatable bonds is 6. The maximum atomic E-state index is 11.3. The van der Waals surface area contributed by atoms with Gasteiger partial charge in [-0.15, -0.1) is 0 Å². The average molecular weight is 217 g/mol. The van der Waals surface area contributed by atoms with Gasteiger partial charge in [0.05, 0.1) is 6.61 Å². The number of hydrogen-bond acceptors (Lipinski definition) is 4. The van der Waals surface area contributed by atoms with Gasteiger partial charge in [0.15, 0.2) is 0 Å². The number of nitrogens with two attached hydrogens (primary N) is 2. The van der Waals surface area contributed by atoms with Gasteiger partial charge in [0.25, 0.3) is 0 Å². The molecule has 88 valence electrons. The highest BCUT2D eigenvalue weighted by Gasteiger charge is 2.21. The fourth-order valence-electron chi connectivity index (χ4n) is 1.08. The van der Waals surface area contributed by atoms with Gasteiger partial charge in [0.2, 0.25) is 11.8 Å². The summed E-state index contributed by atoms with van der Waals surface area (Å²) in [6, 6.07) is -1.74. The Morgan fingerprint density at radius 2 is 1.93 bits per heavy atom. The molecule has 0 saturated carbocycles. The van der Waals surface area contributed by atoms with Crippen LogP contribution in [0.4, 0.5) is 0 Å². The summed E-state index contributed by atoms with van der Waals surface area (Å²) < 4.78 is 0. The number of aliphatic hydroxyl groups is 1. The maximum absolute atomic E-state index is 11.3. The van der Waals surface area contributed by atoms with Crippen molar-refractivity contribution in [2.75, 3.05) is 6.61 Å². The maximum Gasteiger partial charge on any atom is 0.240 e. The lowest BCUT2D eigenvalue weighted by molar-refractivity contribution is -0.129. The summed E-state index contributed by atoms with van der Waals surface area (Å²) in [5.74, 6) is -0.933. The molecule has 0 spiro atoms. The molecule has 0 aliphatic carbocycles. The Labute approximate surface area is 89.0 Å². The van der Waals surface area contributed by atoms with E-state index in [0.717, 1.165) is 0 Å². The third kappa shape index (κ3) is 5.34. The Bertz CT molecular complexity index is 231. The first-order valence-corrected chi connectivity index (χ1v) is 4.84. The van der Waals surface area contributed by atoms with E-state index in [1.807, 2.05) is 13.8 Å². The molecular weight excluding hydrogens is 198 g/mol. The monoisotopic (exact) mass is 217 g/mol. The molecule has 15 heavy (non-hydrogen) atoms. The van der Waals surface area contributed by atoms with Crippen LogP contribution in [0.15, 0.2) is 0 Å². The number of primary amides is 1. The molecule has 0 unspecified atom stereocenters. The second-order valence-corrected chi connectivity index (χ2v) is 3.88. The fourth-order valence-corrected chi connectivity index (χ4v) is 1.08. The van der Waals surface area contributed by atoms with E-state index in [9.17, 15) is 9.59 Å². The molecule has 6 nitrogen and oxygen atoms in total. The van der Waals surface area contributed by atoms with Gasteiger partial charge >= 0.3 is 0 Å². The van der Waals surface area contributed by atoms with Gasteiger partial charge in [-0.2, -0.15) is 0 Å². The molecule has 6 N–H and O–H groups in total. The Balaban J connectivity index is 4.29. The molecular formula is C9H19N3O3. The van der Waals surface area contributed by atoms with Crippen LogP contribution in [0.5, 0.6) is 0 Å². The molecule has 0 saturated heterocycles. The predicted octanol–water partition coefficient (Wildman–Crippen LogP) is -1.68. The van der Waals surface area contributed by atoms with Gasteiger partial charge in [0.1, 0.15) is 12.1 Å². The van der Waals surface area contributed by atoms with Crippen molar-refractivity contribution in [3.8, 4) is 0 Å². The van der Waals surface area contributed by atoms with Gasteiger partial charge in [0, 0.05) is 0 Å². The summed E-state index contributed by atoms with van der Waals surface area (Å²) in [6.07, 6.45) is 0.458. The van der Waals surface area contributed by atoms with Crippen molar-refractivity contribution in [3.05, 3.63) is 0 Å². The predicted molar refractivity (Wildman–Crippen MR) is 55.6 cm³/mol. The van der Waals surface area contributed by atoms with Crippen molar-refractivity contribution in [2.24, 2.45) is 17.4 Å². The highest BCUT2D eigenvalue weighted by molar-refractivity contribution is 5.88. The van der Waals surface area contributed by atoms with Crippen LogP contribution in [0, 0.1) is 5.92 Å². The molecule has 6 heteroatoms. The molecule has 0 heterocycles. The normalized spacial score (nSPS) is 14.7. The highest BCUT2D eigenvalue weighted by Crippen LogP contribution is 2.04. The zero-order chi connectivity index (χ0) is 12.0. The van der Waals surface area contributed by atoms with E-state index in [1.165, 1.54) is 0 Å². The number of carbonyl (C=O) groups is 2. The molecule has 0 aliphatic rings. The van der Waals surface area contributed by atoms with E-state index in [1.54, 1.807) is 0 Å². The van der Waals surface area contributed by atoms with Crippen LogP contribution in [0.1, 0.15) is 20.3 Å². The molecule has 0 fully saturated rings. The van der Waals surface area contributed by atoms with Crippen LogP contribution >= 0.6 is 0 Å². The summed E-state index contributed by atoms with van der Waals surface area (Å²) in [7, 11) is 0. The first kappa shape index (κ1) is 13.9. The molecule has 2 atom stereocenters. The summed E-state index contributed by atoms with van der Waals surface area (Å²) in [5, 5.41) is 11.0. The summed E-state index contributed by atoms with van der Waals surface area (Å²) in [5.41, 5.74) is 10.4. The van der Waals surface area contributed by atoms with Gasteiger partial charge in [-0.3, -0.25) is 9.59 Å². The quantitative estimate of drug-likeness (QED) is 0.425. The molecule has 0 aromatic heterocycles. The van der Waals surface area contributed by atoms with Crippen LogP contribution in [0.3, 0.4) is 0 Å². The van der Waals surface area contributed by atoms with Gasteiger partial charge in [-0.05, 0) is 12.3 Å². The standard InChI is InChI=1S/C9H19N3O3/c1-5(2)3-7(8(11)14)12-9(15)6(10)4-13/h5-7,13H,3-4,10H2,1-2H3,(H2,11,14)(H,12,15)/t6-,7-/m0/s1. The second-order valence-electron chi connectivity index (χ2n) is 3.88. The lowest BCUT2D eigenvalue weighted by atomic mass is 10.0. The Hall–Kier alpha value is -1.14. The van der Waals surface area contributed by atoms with Crippen LogP contribution in [-0.2, 0) is 9.59 Å². The first-order valence-electron chi connectivity index (χ1n) is 4.84. The molecule has 0 aromatic carbocycles. The van der Waals surface area contributed by atoms with Crippen LogP contribution in [0.25, 0.3) is 0 Å². The third-order valence-electron chi connectivity index (χ3n) is 1.90. The highest BCUT2D eigenvalue weighted by atomic mass is 16.3. The van der Waals surface area contributed by atoms with Crippen LogP contribution in [-0.4, -0.2) is 35.6 Å². The SMILES string of the molecule is CC(C)C[C@H](NC(=O)[C@@H](N)CO)C(N)=O. The van der Waals surface area contributed by atoms with Crippen molar-refractivity contribution in [2.45, 2.75) is 32.4 Å². The topological polar surface area (TPSA) is 118 Å². The Morgan fingerprint density at radius 1 is 1.40 bits per heavy atom. The lowest BCUT2D eigenvalue weighted by Crippen LogP contribution is -2.51. The minimum Gasteiger partial charge on any atom is -0.394 e. The molecule has 0 aromatic rings. The first-order chi connectivity index (χ1) is 6.88. The zero-order valence-corrected chi connectivity index (χ0v) is 9.06. The average Bonchev–Trinajstić information content (AvgIpc) is 2.14. The molecule has 0 rings (SSSR count). The molecule has 0 bridgehead atoms. The summed E-state index contributed by atoms with van der Waals surface area (Å²) >= 11 is 0. The van der Waals surface area contributed by atoms with Gasteiger partial charge < -0.3 is 21.9 Å². The minimum absolute atomic E-state index is 0.230. The Kier molecular flexibility index (Phi) is 5.88. The lowest BCUT2D eigenvalue weighted by Gasteiger charge is -2.19. The molecule has 2 amide bonds. The largest absolute Gasteiger partial charge is 0.394 e. The van der Waals surface area contributed by atoms with Crippen LogP contribution in [0.2, 0.25) is 0 Å². The van der Waals surface area contributed by atoms with Crippen LogP contribution < -0.4 is 16.8 Å². The molecule has 0 radical (unpaired) electrons. The van der Waals surface area contributed by atoms with E-state index in [4.69, 9.17) is 16.6 Å². The number of aliphatic hydroxyl groups excluding tert-OH is 1. The minimum atomic E-state index is -1.01. The fraction of sp³-hybridized carbons (Fsp3) is 0.778. The second kappa shape index (κ2) is 6.36. The third-order valence-corrected chi connectivity index (χ3v) is 1.90. The van der Waals surface area contributed by atoms with E-state index in [2.05, 4.69) is 5.32 Å². The number of carbonyl (C=O) groups excluding carboxylic acids is 2. The smallest absolute Gasteiger partial charge is 0.240 e. The van der Waals surface area contributed by atoms with Crippen molar-refractivity contribution in [1.29, 1.82) is 0 Å². The van der Waals surface area contributed by atoms with Crippen molar-refractivity contribution < 1.29 is 14.7 Å². The molecule has 0 aliphatic heterocycles. The van der Waals surface area contributed by atoms with Gasteiger partial charge in [-0.1, -0.05) is 13.8 Å². The van der Waals surface area contributed by atoms with Crippen molar-refractivity contribution in [1.82, 2.24) is 5.32 Å². The van der Waals surface area contributed by atoms with E-state index in [-0.39, 0.29) is 5.92 Å². The summed E-state index contributed by atoms with van der Waals surface area (Å²) in [6.45, 7) is 3.36. The number of amides is 2. The zero-order valence-electron chi connectivity index (χ0n) is 9.06.